The van der Waals surface area contributed by atoms with Gasteiger partial charge in [0, 0.05) is 15.8 Å². The molecule has 0 unspecified atom stereocenters. The molecule has 0 fully saturated rings. The van der Waals surface area contributed by atoms with Crippen molar-refractivity contribution in [3.8, 4) is 0 Å². The van der Waals surface area contributed by atoms with Crippen LogP contribution in [0.1, 0.15) is 0 Å². The first-order chi connectivity index (χ1) is 8.41. The molecule has 4 nitrogen and oxygen atoms in total. The van der Waals surface area contributed by atoms with Crippen molar-refractivity contribution in [2.75, 3.05) is 11.5 Å². The van der Waals surface area contributed by atoms with Crippen molar-refractivity contribution < 1.29 is 8.42 Å². The predicted molar refractivity (Wildman–Crippen MR) is 74.9 cm³/mol. The highest BCUT2D eigenvalue weighted by Gasteiger charge is 2.18. The molecule has 2 rings (SSSR count). The molecule has 0 radical (unpaired) electrons. The minimum Gasteiger partial charge on any atom is -0.399 e. The third-order valence-electron chi connectivity index (χ3n) is 2.47. The summed E-state index contributed by atoms with van der Waals surface area (Å²) in [5.74, 6) is 0. The van der Waals surface area contributed by atoms with Gasteiger partial charge in [0.2, 0.25) is 9.84 Å². The van der Waals surface area contributed by atoms with Crippen molar-refractivity contribution in [2.45, 2.75) is 9.79 Å². The van der Waals surface area contributed by atoms with Crippen molar-refractivity contribution >= 4 is 37.1 Å². The summed E-state index contributed by atoms with van der Waals surface area (Å²) in [6.45, 7) is 0. The van der Waals surface area contributed by atoms with Crippen molar-refractivity contribution in [1.29, 1.82) is 0 Å². The first-order valence-electron chi connectivity index (χ1n) is 5.07. The second kappa shape index (κ2) is 4.62. The molecule has 2 aromatic carbocycles. The first-order valence-corrected chi connectivity index (χ1v) is 7.34. The summed E-state index contributed by atoms with van der Waals surface area (Å²) in [5.41, 5.74) is 12.2. The summed E-state index contributed by atoms with van der Waals surface area (Å²) >= 11 is 3.21. The number of nitrogens with two attached hydrogens (primary N) is 2. The highest BCUT2D eigenvalue weighted by atomic mass is 79.9. The van der Waals surface area contributed by atoms with E-state index in [4.69, 9.17) is 11.5 Å². The van der Waals surface area contributed by atoms with E-state index in [-0.39, 0.29) is 9.79 Å². The lowest BCUT2D eigenvalue weighted by Gasteiger charge is -2.06. The summed E-state index contributed by atoms with van der Waals surface area (Å²) < 4.78 is 25.2. The maximum Gasteiger partial charge on any atom is 0.206 e. The zero-order valence-electron chi connectivity index (χ0n) is 9.30. The van der Waals surface area contributed by atoms with E-state index in [1.165, 1.54) is 24.3 Å². The van der Waals surface area contributed by atoms with Crippen molar-refractivity contribution in [1.82, 2.24) is 0 Å². The SMILES string of the molecule is Nc1ccc(S(=O)(=O)c2ccc(N)c(Br)c2)cc1. The third-order valence-corrected chi connectivity index (χ3v) is 4.93. The summed E-state index contributed by atoms with van der Waals surface area (Å²) in [6, 6.07) is 10.6. The Bertz CT molecular complexity index is 682. The van der Waals surface area contributed by atoms with Gasteiger partial charge in [0.25, 0.3) is 0 Å². The number of halogens is 1. The molecule has 2 aromatic rings. The van der Waals surface area contributed by atoms with E-state index in [1.807, 2.05) is 0 Å². The molecule has 6 heteroatoms. The number of benzene rings is 2. The normalized spacial score (nSPS) is 11.4. The van der Waals surface area contributed by atoms with E-state index in [2.05, 4.69) is 15.9 Å². The number of sulfone groups is 1. The van der Waals surface area contributed by atoms with Gasteiger partial charge in [-0.3, -0.25) is 0 Å². The number of hydrogen-bond acceptors (Lipinski definition) is 4. The Morgan fingerprint density at radius 2 is 1.44 bits per heavy atom. The van der Waals surface area contributed by atoms with Gasteiger partial charge < -0.3 is 11.5 Å². The van der Waals surface area contributed by atoms with Gasteiger partial charge in [-0.05, 0) is 58.4 Å². The zero-order valence-corrected chi connectivity index (χ0v) is 11.7. The molecule has 0 aromatic heterocycles. The van der Waals surface area contributed by atoms with Gasteiger partial charge in [-0.25, -0.2) is 8.42 Å². The molecule has 0 saturated heterocycles. The Kier molecular flexibility index (Phi) is 3.32. The van der Waals surface area contributed by atoms with Gasteiger partial charge in [-0.1, -0.05) is 0 Å². The fraction of sp³-hybridized carbons (Fsp3) is 0. The molecule has 0 amide bonds. The summed E-state index contributed by atoms with van der Waals surface area (Å²) in [5, 5.41) is 0. The molecule has 0 saturated carbocycles. The molecule has 94 valence electrons. The van der Waals surface area contributed by atoms with E-state index in [0.717, 1.165) is 0 Å². The second-order valence-corrected chi connectivity index (χ2v) is 6.56. The topological polar surface area (TPSA) is 86.2 Å². The maximum atomic E-state index is 12.3. The number of nitrogen functional groups attached to an aromatic ring is 2. The molecular weight excluding hydrogens is 316 g/mol. The lowest BCUT2D eigenvalue weighted by Crippen LogP contribution is -2.02. The van der Waals surface area contributed by atoms with E-state index in [0.29, 0.717) is 15.8 Å². The van der Waals surface area contributed by atoms with Crippen LogP contribution in [-0.2, 0) is 9.84 Å². The molecule has 18 heavy (non-hydrogen) atoms. The summed E-state index contributed by atoms with van der Waals surface area (Å²) in [7, 11) is -3.54. The molecular formula is C12H11BrN2O2S. The first kappa shape index (κ1) is 12.9. The monoisotopic (exact) mass is 326 g/mol. The van der Waals surface area contributed by atoms with Crippen molar-refractivity contribution in [3.05, 3.63) is 46.9 Å². The molecule has 0 spiro atoms. The van der Waals surface area contributed by atoms with E-state index >= 15 is 0 Å². The van der Waals surface area contributed by atoms with Gasteiger partial charge in [0.1, 0.15) is 0 Å². The average Bonchev–Trinajstić information content (AvgIpc) is 2.33. The van der Waals surface area contributed by atoms with Crippen molar-refractivity contribution in [3.63, 3.8) is 0 Å². The standard InChI is InChI=1S/C12H11BrN2O2S/c13-11-7-10(5-6-12(11)15)18(16,17)9-3-1-8(14)2-4-9/h1-7H,14-15H2. The largest absolute Gasteiger partial charge is 0.399 e. The van der Waals surface area contributed by atoms with E-state index in [9.17, 15) is 8.42 Å². The van der Waals surface area contributed by atoms with Crippen molar-refractivity contribution in [2.24, 2.45) is 0 Å². The smallest absolute Gasteiger partial charge is 0.206 e. The average molecular weight is 327 g/mol. The van der Waals surface area contributed by atoms with Crippen LogP contribution in [0.15, 0.2) is 56.7 Å². The number of hydrogen-bond donors (Lipinski definition) is 2. The van der Waals surface area contributed by atoms with Gasteiger partial charge >= 0.3 is 0 Å². The van der Waals surface area contributed by atoms with Crippen LogP contribution in [0, 0.1) is 0 Å². The Morgan fingerprint density at radius 1 is 0.889 bits per heavy atom. The molecule has 0 aliphatic rings. The Morgan fingerprint density at radius 3 is 2.00 bits per heavy atom. The van der Waals surface area contributed by atoms with Crippen LogP contribution in [0.3, 0.4) is 0 Å². The van der Waals surface area contributed by atoms with E-state index in [1.54, 1.807) is 18.2 Å². The van der Waals surface area contributed by atoms with Crippen LogP contribution in [-0.4, -0.2) is 8.42 Å². The Balaban J connectivity index is 2.54. The maximum absolute atomic E-state index is 12.3. The molecule has 0 atom stereocenters. The zero-order chi connectivity index (χ0) is 13.3. The van der Waals surface area contributed by atoms with Crippen LogP contribution in [0.4, 0.5) is 11.4 Å². The molecule has 0 aliphatic carbocycles. The predicted octanol–water partition coefficient (Wildman–Crippen LogP) is 2.45. The quantitative estimate of drug-likeness (QED) is 0.830. The fourth-order valence-electron chi connectivity index (χ4n) is 1.46. The molecule has 0 bridgehead atoms. The lowest BCUT2D eigenvalue weighted by atomic mass is 10.3. The Labute approximate surface area is 114 Å². The molecule has 0 aliphatic heterocycles. The highest BCUT2D eigenvalue weighted by Crippen LogP contribution is 2.27. The highest BCUT2D eigenvalue weighted by molar-refractivity contribution is 9.10. The van der Waals surface area contributed by atoms with Gasteiger partial charge in [0.05, 0.1) is 9.79 Å². The Hall–Kier alpha value is -1.53. The van der Waals surface area contributed by atoms with Gasteiger partial charge in [-0.15, -0.1) is 0 Å². The number of anilines is 2. The van der Waals surface area contributed by atoms with Crippen LogP contribution >= 0.6 is 15.9 Å². The van der Waals surface area contributed by atoms with Gasteiger partial charge in [-0.2, -0.15) is 0 Å². The minimum atomic E-state index is -3.54. The van der Waals surface area contributed by atoms with Crippen LogP contribution in [0.5, 0.6) is 0 Å². The molecule has 4 N–H and O–H groups in total. The number of rotatable bonds is 2. The second-order valence-electron chi connectivity index (χ2n) is 3.76. The lowest BCUT2D eigenvalue weighted by molar-refractivity contribution is 0.596. The molecule has 0 heterocycles. The van der Waals surface area contributed by atoms with Crippen LogP contribution < -0.4 is 11.5 Å². The third kappa shape index (κ3) is 2.34. The van der Waals surface area contributed by atoms with Gasteiger partial charge in [0.15, 0.2) is 0 Å². The summed E-state index contributed by atoms with van der Waals surface area (Å²) in [4.78, 5) is 0.390. The van der Waals surface area contributed by atoms with Crippen LogP contribution in [0.2, 0.25) is 0 Å². The minimum absolute atomic E-state index is 0.188. The van der Waals surface area contributed by atoms with E-state index < -0.39 is 9.84 Å². The van der Waals surface area contributed by atoms with Crippen LogP contribution in [0.25, 0.3) is 0 Å². The summed E-state index contributed by atoms with van der Waals surface area (Å²) in [6.07, 6.45) is 0. The fourth-order valence-corrected chi connectivity index (χ4v) is 3.28.